The topological polar surface area (TPSA) is 55.6 Å². The Kier molecular flexibility index (Phi) is 6.55. The molecule has 31 heavy (non-hydrogen) atoms. The molecule has 5 nitrogen and oxygen atoms in total. The average molecular weight is 438 g/mol. The summed E-state index contributed by atoms with van der Waals surface area (Å²) in [5.74, 6) is 0.468. The van der Waals surface area contributed by atoms with Gasteiger partial charge in [0.1, 0.15) is 5.65 Å². The maximum Gasteiger partial charge on any atom is 0.389 e. The molecule has 170 valence electrons. The first-order valence-corrected chi connectivity index (χ1v) is 11.3. The minimum Gasteiger partial charge on any atom is -0.378 e. The zero-order chi connectivity index (χ0) is 22.0. The van der Waals surface area contributed by atoms with Crippen molar-refractivity contribution < 1.29 is 22.7 Å². The molecular formula is C23H30F3N3O2. The van der Waals surface area contributed by atoms with Gasteiger partial charge in [-0.1, -0.05) is 0 Å². The van der Waals surface area contributed by atoms with E-state index in [1.807, 2.05) is 23.6 Å². The van der Waals surface area contributed by atoms with E-state index in [0.717, 1.165) is 37.0 Å². The van der Waals surface area contributed by atoms with E-state index < -0.39 is 12.6 Å². The quantitative estimate of drug-likeness (QED) is 0.570. The minimum atomic E-state index is -4.09. The van der Waals surface area contributed by atoms with E-state index in [9.17, 15) is 18.0 Å². The number of nitrogens with zero attached hydrogens (tertiary/aromatic N) is 2. The first-order chi connectivity index (χ1) is 14.8. The summed E-state index contributed by atoms with van der Waals surface area (Å²) >= 11 is 0. The molecule has 4 rings (SSSR count). The fraction of sp³-hybridized carbons (Fsp3) is 0.652. The summed E-state index contributed by atoms with van der Waals surface area (Å²) in [5, 5.41) is 3.14. The number of amides is 1. The van der Waals surface area contributed by atoms with Crippen molar-refractivity contribution in [1.29, 1.82) is 0 Å². The molecule has 2 fully saturated rings. The van der Waals surface area contributed by atoms with E-state index in [2.05, 4.69) is 16.4 Å². The first-order valence-electron chi connectivity index (χ1n) is 11.3. The average Bonchev–Trinajstić information content (AvgIpc) is 3.47. The van der Waals surface area contributed by atoms with Crippen molar-refractivity contribution in [2.75, 3.05) is 6.61 Å². The molecule has 0 unspecified atom stereocenters. The molecule has 0 bridgehead atoms. The van der Waals surface area contributed by atoms with Crippen LogP contribution in [0.25, 0.3) is 5.65 Å². The lowest BCUT2D eigenvalue weighted by Crippen LogP contribution is -2.39. The maximum atomic E-state index is 12.9. The molecule has 8 heteroatoms. The summed E-state index contributed by atoms with van der Waals surface area (Å²) in [6.45, 7) is 2.33. The second kappa shape index (κ2) is 9.18. The molecule has 0 aromatic carbocycles. The Morgan fingerprint density at radius 3 is 2.61 bits per heavy atom. The summed E-state index contributed by atoms with van der Waals surface area (Å²) in [6.07, 6.45) is 3.31. The van der Waals surface area contributed by atoms with Gasteiger partial charge >= 0.3 is 6.18 Å². The predicted molar refractivity (Wildman–Crippen MR) is 111 cm³/mol. The van der Waals surface area contributed by atoms with Crippen LogP contribution in [0, 0.1) is 6.92 Å². The molecule has 2 heterocycles. The van der Waals surface area contributed by atoms with E-state index in [1.165, 1.54) is 18.5 Å². The van der Waals surface area contributed by atoms with Gasteiger partial charge in [0.15, 0.2) is 0 Å². The molecule has 2 aliphatic rings. The molecule has 0 saturated heterocycles. The SMILES string of the molecule is Cc1cc(C2CC2)n2ccc(C(=O)N[C@H]3CC[C@H](OCCCCC(F)(F)F)CC3)c2n1. The maximum absolute atomic E-state index is 12.9. The number of hydrogen-bond acceptors (Lipinski definition) is 3. The Morgan fingerprint density at radius 2 is 1.94 bits per heavy atom. The Balaban J connectivity index is 1.25. The van der Waals surface area contributed by atoms with Crippen molar-refractivity contribution in [2.45, 2.75) is 89.0 Å². The van der Waals surface area contributed by atoms with Gasteiger partial charge in [-0.05, 0) is 76.3 Å². The third-order valence-corrected chi connectivity index (χ3v) is 6.23. The number of aromatic nitrogens is 2. The van der Waals surface area contributed by atoms with E-state index in [1.54, 1.807) is 0 Å². The normalized spacial score (nSPS) is 22.1. The molecule has 0 radical (unpaired) electrons. The zero-order valence-electron chi connectivity index (χ0n) is 17.9. The number of halogens is 3. The lowest BCUT2D eigenvalue weighted by Gasteiger charge is -2.29. The largest absolute Gasteiger partial charge is 0.389 e. The lowest BCUT2D eigenvalue weighted by molar-refractivity contribution is -0.136. The van der Waals surface area contributed by atoms with Gasteiger partial charge < -0.3 is 14.5 Å². The molecule has 1 N–H and O–H groups in total. The van der Waals surface area contributed by atoms with Crippen molar-refractivity contribution >= 4 is 11.6 Å². The minimum absolute atomic E-state index is 0.0692. The van der Waals surface area contributed by atoms with Gasteiger partial charge in [0, 0.05) is 36.7 Å². The molecule has 2 aliphatic carbocycles. The van der Waals surface area contributed by atoms with Crippen LogP contribution in [-0.2, 0) is 4.74 Å². The fourth-order valence-corrected chi connectivity index (χ4v) is 4.41. The molecule has 1 amide bonds. The van der Waals surface area contributed by atoms with Crippen LogP contribution in [0.3, 0.4) is 0 Å². The van der Waals surface area contributed by atoms with Crippen LogP contribution in [0.2, 0.25) is 0 Å². The number of hydrogen-bond donors (Lipinski definition) is 1. The van der Waals surface area contributed by atoms with Crippen LogP contribution in [0.4, 0.5) is 13.2 Å². The third-order valence-electron chi connectivity index (χ3n) is 6.23. The Morgan fingerprint density at radius 1 is 1.19 bits per heavy atom. The van der Waals surface area contributed by atoms with Crippen LogP contribution >= 0.6 is 0 Å². The Hall–Kier alpha value is -2.09. The second-order valence-corrected chi connectivity index (χ2v) is 8.91. The standard InChI is InChI=1S/C23H30F3N3O2/c1-15-14-20(16-4-5-16)29-12-10-19(21(29)27-15)22(30)28-17-6-8-18(9-7-17)31-13-3-2-11-23(24,25)26/h10,12,14,16-18H,2-9,11,13H2,1H3,(H,28,30)/t17-,18-. The number of aryl methyl sites for hydroxylation is 1. The monoisotopic (exact) mass is 437 g/mol. The van der Waals surface area contributed by atoms with E-state index in [-0.39, 0.29) is 24.5 Å². The lowest BCUT2D eigenvalue weighted by atomic mass is 9.92. The predicted octanol–water partition coefficient (Wildman–Crippen LogP) is 5.31. The third kappa shape index (κ3) is 5.79. The highest BCUT2D eigenvalue weighted by atomic mass is 19.4. The second-order valence-electron chi connectivity index (χ2n) is 8.91. The summed E-state index contributed by atoms with van der Waals surface area (Å²) in [7, 11) is 0. The van der Waals surface area contributed by atoms with Gasteiger partial charge in [0.05, 0.1) is 11.7 Å². The van der Waals surface area contributed by atoms with Gasteiger partial charge in [0.25, 0.3) is 5.91 Å². The zero-order valence-corrected chi connectivity index (χ0v) is 17.9. The van der Waals surface area contributed by atoms with E-state index >= 15 is 0 Å². The number of alkyl halides is 3. The summed E-state index contributed by atoms with van der Waals surface area (Å²) in [6, 6.07) is 4.04. The van der Waals surface area contributed by atoms with Crippen LogP contribution in [0.5, 0.6) is 0 Å². The number of fused-ring (bicyclic) bond motifs is 1. The molecule has 0 spiro atoms. The van der Waals surface area contributed by atoms with Gasteiger partial charge in [-0.2, -0.15) is 13.2 Å². The molecular weight excluding hydrogens is 407 g/mol. The van der Waals surface area contributed by atoms with E-state index in [0.29, 0.717) is 24.5 Å². The van der Waals surface area contributed by atoms with Gasteiger partial charge in [0.2, 0.25) is 0 Å². The highest BCUT2D eigenvalue weighted by molar-refractivity contribution is 6.00. The van der Waals surface area contributed by atoms with Crippen molar-refractivity contribution in [3.8, 4) is 0 Å². The van der Waals surface area contributed by atoms with E-state index in [4.69, 9.17) is 4.74 Å². The van der Waals surface area contributed by atoms with Crippen LogP contribution in [-0.4, -0.2) is 40.2 Å². The number of carbonyl (C=O) groups excluding carboxylic acids is 1. The number of unbranched alkanes of at least 4 members (excludes halogenated alkanes) is 1. The van der Waals surface area contributed by atoms with Crippen molar-refractivity contribution in [2.24, 2.45) is 0 Å². The van der Waals surface area contributed by atoms with Crippen molar-refractivity contribution in [3.63, 3.8) is 0 Å². The Labute approximate surface area is 180 Å². The highest BCUT2D eigenvalue weighted by Gasteiger charge is 2.29. The van der Waals surface area contributed by atoms with Gasteiger partial charge in [-0.25, -0.2) is 4.98 Å². The molecule has 0 aliphatic heterocycles. The van der Waals surface area contributed by atoms with Crippen molar-refractivity contribution in [1.82, 2.24) is 14.7 Å². The number of nitrogens with one attached hydrogen (secondary N) is 1. The summed E-state index contributed by atoms with van der Waals surface area (Å²) in [5.41, 5.74) is 3.48. The number of carbonyl (C=O) groups is 1. The summed E-state index contributed by atoms with van der Waals surface area (Å²) < 4.78 is 44.3. The van der Waals surface area contributed by atoms with Crippen LogP contribution < -0.4 is 5.32 Å². The van der Waals surface area contributed by atoms with Crippen LogP contribution in [0.15, 0.2) is 18.3 Å². The van der Waals surface area contributed by atoms with Crippen molar-refractivity contribution in [3.05, 3.63) is 35.3 Å². The molecule has 0 atom stereocenters. The molecule has 2 aromatic rings. The Bertz CT molecular complexity index is 913. The summed E-state index contributed by atoms with van der Waals surface area (Å²) in [4.78, 5) is 17.5. The fourth-order valence-electron chi connectivity index (χ4n) is 4.41. The van der Waals surface area contributed by atoms with Gasteiger partial charge in [-0.3, -0.25) is 4.79 Å². The molecule has 2 saturated carbocycles. The number of rotatable bonds is 8. The smallest absolute Gasteiger partial charge is 0.378 e. The number of ether oxygens (including phenoxy) is 1. The first kappa shape index (κ1) is 22.1. The highest BCUT2D eigenvalue weighted by Crippen LogP contribution is 2.40. The van der Waals surface area contributed by atoms with Gasteiger partial charge in [-0.15, -0.1) is 0 Å². The molecule has 2 aromatic heterocycles. The van der Waals surface area contributed by atoms with Crippen LogP contribution in [0.1, 0.15) is 85.5 Å².